The van der Waals surface area contributed by atoms with Crippen molar-refractivity contribution in [2.75, 3.05) is 39.8 Å². The van der Waals surface area contributed by atoms with Crippen LogP contribution in [0, 0.1) is 5.92 Å². The van der Waals surface area contributed by atoms with Gasteiger partial charge >= 0.3 is 6.18 Å². The Bertz CT molecular complexity index is 278. The number of piperidine rings is 1. The van der Waals surface area contributed by atoms with Crippen LogP contribution in [0.15, 0.2) is 0 Å². The van der Waals surface area contributed by atoms with Gasteiger partial charge in [0.05, 0.1) is 6.54 Å². The largest absolute Gasteiger partial charge is 0.405 e. The van der Waals surface area contributed by atoms with Crippen molar-refractivity contribution in [3.8, 4) is 0 Å². The average Bonchev–Trinajstić information content (AvgIpc) is 2.34. The molecule has 1 heterocycles. The third-order valence-electron chi connectivity index (χ3n) is 3.28. The Hall–Kier alpha value is -0.820. The van der Waals surface area contributed by atoms with Gasteiger partial charge in [-0.3, -0.25) is 9.69 Å². The number of nitrogens with zero attached hydrogens (tertiary/aromatic N) is 1. The predicted molar refractivity (Wildman–Crippen MR) is 66.8 cm³/mol. The fraction of sp³-hybridized carbons (Fsp3) is 0.917. The first kappa shape index (κ1) is 16.2. The van der Waals surface area contributed by atoms with Crippen molar-refractivity contribution in [3.63, 3.8) is 0 Å². The van der Waals surface area contributed by atoms with Gasteiger partial charge in [-0.1, -0.05) is 0 Å². The van der Waals surface area contributed by atoms with E-state index < -0.39 is 18.6 Å². The van der Waals surface area contributed by atoms with Crippen molar-refractivity contribution >= 4 is 5.91 Å². The van der Waals surface area contributed by atoms with Gasteiger partial charge < -0.3 is 10.6 Å². The normalized spacial score (nSPS) is 17.7. The molecule has 1 aliphatic heterocycles. The van der Waals surface area contributed by atoms with Crippen LogP contribution in [0.5, 0.6) is 0 Å². The van der Waals surface area contributed by atoms with Crippen LogP contribution < -0.4 is 10.6 Å². The summed E-state index contributed by atoms with van der Waals surface area (Å²) in [6.07, 6.45) is -1.09. The maximum absolute atomic E-state index is 11.9. The molecule has 0 saturated carbocycles. The maximum atomic E-state index is 11.9. The Morgan fingerprint density at radius 3 is 2.58 bits per heavy atom. The van der Waals surface area contributed by atoms with Crippen LogP contribution in [-0.4, -0.2) is 56.8 Å². The smallest absolute Gasteiger partial charge is 0.346 e. The van der Waals surface area contributed by atoms with E-state index in [1.54, 1.807) is 11.9 Å². The Balaban J connectivity index is 2.12. The van der Waals surface area contributed by atoms with Crippen molar-refractivity contribution in [2.45, 2.75) is 25.4 Å². The Morgan fingerprint density at radius 2 is 2.00 bits per heavy atom. The molecule has 0 bridgehead atoms. The van der Waals surface area contributed by atoms with Crippen molar-refractivity contribution in [1.82, 2.24) is 15.5 Å². The fourth-order valence-corrected chi connectivity index (χ4v) is 2.15. The number of carbonyl (C=O) groups excluding carboxylic acids is 1. The Morgan fingerprint density at radius 1 is 1.37 bits per heavy atom. The summed E-state index contributed by atoms with van der Waals surface area (Å²) in [6.45, 7) is 1.56. The number of hydrogen-bond acceptors (Lipinski definition) is 3. The summed E-state index contributed by atoms with van der Waals surface area (Å²) in [5.74, 6) is 0.0760. The Labute approximate surface area is 111 Å². The van der Waals surface area contributed by atoms with Crippen molar-refractivity contribution in [3.05, 3.63) is 0 Å². The number of halogens is 3. The van der Waals surface area contributed by atoms with Crippen molar-refractivity contribution < 1.29 is 18.0 Å². The van der Waals surface area contributed by atoms with E-state index in [-0.39, 0.29) is 6.54 Å². The second kappa shape index (κ2) is 7.69. The van der Waals surface area contributed by atoms with E-state index in [1.165, 1.54) is 0 Å². The zero-order chi connectivity index (χ0) is 14.3. The molecule has 2 N–H and O–H groups in total. The van der Waals surface area contributed by atoms with Gasteiger partial charge in [-0.25, -0.2) is 0 Å². The van der Waals surface area contributed by atoms with Crippen LogP contribution in [0.3, 0.4) is 0 Å². The molecule has 1 aliphatic rings. The molecule has 0 aliphatic carbocycles. The molecule has 1 rings (SSSR count). The summed E-state index contributed by atoms with van der Waals surface area (Å²) in [4.78, 5) is 13.1. The van der Waals surface area contributed by atoms with Gasteiger partial charge in [-0.2, -0.15) is 13.2 Å². The zero-order valence-corrected chi connectivity index (χ0v) is 11.2. The monoisotopic (exact) mass is 281 g/mol. The number of alkyl halides is 3. The van der Waals surface area contributed by atoms with Crippen molar-refractivity contribution in [1.29, 1.82) is 0 Å². The molecule has 0 aromatic carbocycles. The number of amides is 1. The van der Waals surface area contributed by atoms with Gasteiger partial charge in [0.25, 0.3) is 0 Å². The summed E-state index contributed by atoms with van der Waals surface area (Å²) in [5.41, 5.74) is 0. The zero-order valence-electron chi connectivity index (χ0n) is 11.2. The van der Waals surface area contributed by atoms with Gasteiger partial charge in [0.15, 0.2) is 0 Å². The average molecular weight is 281 g/mol. The summed E-state index contributed by atoms with van der Waals surface area (Å²) in [6, 6.07) is 0. The summed E-state index contributed by atoms with van der Waals surface area (Å²) >= 11 is 0. The fourth-order valence-electron chi connectivity index (χ4n) is 2.15. The van der Waals surface area contributed by atoms with Crippen LogP contribution in [0.1, 0.15) is 19.3 Å². The second-order valence-electron chi connectivity index (χ2n) is 5.11. The molecule has 4 nitrogen and oxygen atoms in total. The topological polar surface area (TPSA) is 44.4 Å². The van der Waals surface area contributed by atoms with Gasteiger partial charge in [0.2, 0.25) is 5.91 Å². The van der Waals surface area contributed by atoms with E-state index in [1.807, 2.05) is 5.32 Å². The molecule has 0 unspecified atom stereocenters. The van der Waals surface area contributed by atoms with Crippen LogP contribution in [0.25, 0.3) is 0 Å². The quantitative estimate of drug-likeness (QED) is 0.763. The Kier molecular flexibility index (Phi) is 6.57. The van der Waals surface area contributed by atoms with Crippen molar-refractivity contribution in [2.24, 2.45) is 5.92 Å². The minimum absolute atomic E-state index is 0.0149. The van der Waals surface area contributed by atoms with Gasteiger partial charge in [0.1, 0.15) is 6.54 Å². The molecule has 0 aromatic heterocycles. The third-order valence-corrected chi connectivity index (χ3v) is 3.28. The van der Waals surface area contributed by atoms with E-state index in [9.17, 15) is 18.0 Å². The van der Waals surface area contributed by atoms with E-state index in [4.69, 9.17) is 0 Å². The highest BCUT2D eigenvalue weighted by atomic mass is 19.4. The van der Waals surface area contributed by atoms with Crippen LogP contribution in [0.2, 0.25) is 0 Å². The molecule has 1 fully saturated rings. The third kappa shape index (κ3) is 8.05. The molecule has 7 heteroatoms. The molecule has 0 radical (unpaired) electrons. The maximum Gasteiger partial charge on any atom is 0.405 e. The van der Waals surface area contributed by atoms with E-state index >= 15 is 0 Å². The summed E-state index contributed by atoms with van der Waals surface area (Å²) < 4.78 is 35.7. The molecular weight excluding hydrogens is 259 g/mol. The minimum atomic E-state index is -4.34. The summed E-state index contributed by atoms with van der Waals surface area (Å²) in [5, 5.41) is 5.16. The molecule has 1 amide bonds. The molecular formula is C12H22F3N3O. The van der Waals surface area contributed by atoms with E-state index in [0.29, 0.717) is 5.92 Å². The van der Waals surface area contributed by atoms with E-state index in [0.717, 1.165) is 38.9 Å². The summed E-state index contributed by atoms with van der Waals surface area (Å²) in [7, 11) is 1.76. The molecule has 19 heavy (non-hydrogen) atoms. The second-order valence-corrected chi connectivity index (χ2v) is 5.11. The first-order chi connectivity index (χ1) is 8.87. The van der Waals surface area contributed by atoms with Gasteiger partial charge in [-0.15, -0.1) is 0 Å². The first-order valence-corrected chi connectivity index (χ1v) is 6.59. The highest BCUT2D eigenvalue weighted by Gasteiger charge is 2.27. The predicted octanol–water partition coefficient (Wildman–Crippen LogP) is 0.986. The highest BCUT2D eigenvalue weighted by molar-refractivity contribution is 5.77. The van der Waals surface area contributed by atoms with Crippen LogP contribution in [-0.2, 0) is 4.79 Å². The lowest BCUT2D eigenvalue weighted by Crippen LogP contribution is -2.40. The van der Waals surface area contributed by atoms with Gasteiger partial charge in [-0.05, 0) is 51.9 Å². The lowest BCUT2D eigenvalue weighted by atomic mass is 9.94. The molecule has 1 saturated heterocycles. The van der Waals surface area contributed by atoms with Crippen LogP contribution >= 0.6 is 0 Å². The first-order valence-electron chi connectivity index (χ1n) is 6.59. The standard InChI is InChI=1S/C12H22F3N3O/c1-18(7-4-10-2-5-16-6-3-10)8-11(19)17-9-12(13,14)15/h10,16H,2-9H2,1H3,(H,17,19). The minimum Gasteiger partial charge on any atom is -0.346 e. The lowest BCUT2D eigenvalue weighted by Gasteiger charge is -2.25. The van der Waals surface area contributed by atoms with Crippen LogP contribution in [0.4, 0.5) is 13.2 Å². The number of carbonyl (C=O) groups is 1. The molecule has 0 spiro atoms. The molecule has 112 valence electrons. The number of rotatable bonds is 6. The number of nitrogens with one attached hydrogen (secondary N) is 2. The molecule has 0 atom stereocenters. The SMILES string of the molecule is CN(CCC1CCNCC1)CC(=O)NCC(F)(F)F. The van der Waals surface area contributed by atoms with E-state index in [2.05, 4.69) is 5.32 Å². The lowest BCUT2D eigenvalue weighted by molar-refractivity contribution is -0.138. The van der Waals surface area contributed by atoms with Gasteiger partial charge in [0, 0.05) is 0 Å². The molecule has 0 aromatic rings. The number of likely N-dealkylation sites (N-methyl/N-ethyl adjacent to an activating group) is 1. The number of hydrogen-bond donors (Lipinski definition) is 2. The highest BCUT2D eigenvalue weighted by Crippen LogP contribution is 2.16.